The average Bonchev–Trinajstić information content (AvgIpc) is 2.72. The second kappa shape index (κ2) is 7.58. The zero-order valence-corrected chi connectivity index (χ0v) is 18.8. The Hall–Kier alpha value is -2.04. The van der Waals surface area contributed by atoms with Gasteiger partial charge in [-0.1, -0.05) is 32.4 Å². The van der Waals surface area contributed by atoms with Gasteiger partial charge >= 0.3 is 0 Å². The van der Waals surface area contributed by atoms with Crippen LogP contribution >= 0.6 is 11.6 Å². The summed E-state index contributed by atoms with van der Waals surface area (Å²) < 4.78 is 5.66. The first-order chi connectivity index (χ1) is 14.2. The average molecular weight is 428 g/mol. The summed E-state index contributed by atoms with van der Waals surface area (Å²) in [5.41, 5.74) is 3.54. The van der Waals surface area contributed by atoms with E-state index in [-0.39, 0.29) is 22.8 Å². The molecule has 0 radical (unpaired) electrons. The number of hydrogen-bond donors (Lipinski definition) is 2. The smallest absolute Gasteiger partial charge is 0.259 e. The quantitative estimate of drug-likeness (QED) is 0.670. The molecular formula is C25H30ClNO3. The molecule has 0 saturated heterocycles. The highest BCUT2D eigenvalue weighted by Gasteiger charge is 2.53. The Morgan fingerprint density at radius 1 is 1.17 bits per heavy atom. The standard InChI is InChI=1S/C25H30ClNO3/c1-24(2)21-10-5-15-13-18(23(29)27-17-8-6-16(26)7-9-17)20(30-4)14-19(15)25(21,3)12-11-22(24)28/h6-9,13-14,21-22,28H,5,10-12H2,1-4H3,(H,27,29)/t21-,22-,25+/m0/s1. The number of aryl methyl sites for hydroxylation is 1. The zero-order valence-electron chi connectivity index (χ0n) is 18.1. The first-order valence-electron chi connectivity index (χ1n) is 10.6. The zero-order chi connectivity index (χ0) is 21.7. The van der Waals surface area contributed by atoms with Crippen molar-refractivity contribution in [3.8, 4) is 5.75 Å². The van der Waals surface area contributed by atoms with E-state index in [4.69, 9.17) is 16.3 Å². The van der Waals surface area contributed by atoms with E-state index in [9.17, 15) is 9.90 Å². The minimum absolute atomic E-state index is 0.0330. The molecule has 4 nitrogen and oxygen atoms in total. The summed E-state index contributed by atoms with van der Waals surface area (Å²) in [5.74, 6) is 0.786. The number of aliphatic hydroxyl groups is 1. The number of methoxy groups -OCH3 is 1. The molecule has 0 spiro atoms. The highest BCUT2D eigenvalue weighted by Crippen LogP contribution is 2.57. The van der Waals surface area contributed by atoms with Gasteiger partial charge in [0.25, 0.3) is 5.91 Å². The molecule has 160 valence electrons. The number of nitrogens with one attached hydrogen (secondary N) is 1. The Morgan fingerprint density at radius 3 is 2.53 bits per heavy atom. The van der Waals surface area contributed by atoms with Crippen LogP contribution in [0.4, 0.5) is 5.69 Å². The molecule has 3 atom stereocenters. The van der Waals surface area contributed by atoms with Gasteiger partial charge in [-0.25, -0.2) is 0 Å². The topological polar surface area (TPSA) is 58.6 Å². The van der Waals surface area contributed by atoms with Crippen LogP contribution in [0.3, 0.4) is 0 Å². The summed E-state index contributed by atoms with van der Waals surface area (Å²) in [7, 11) is 1.61. The van der Waals surface area contributed by atoms with Gasteiger partial charge in [0.15, 0.2) is 0 Å². The molecule has 0 aliphatic heterocycles. The summed E-state index contributed by atoms with van der Waals surface area (Å²) in [4.78, 5) is 13.0. The fourth-order valence-electron chi connectivity index (χ4n) is 5.79. The number of amides is 1. The van der Waals surface area contributed by atoms with Crippen molar-refractivity contribution in [1.82, 2.24) is 0 Å². The number of rotatable bonds is 3. The number of ether oxygens (including phenoxy) is 1. The third-order valence-corrected chi connectivity index (χ3v) is 7.80. The molecule has 0 bridgehead atoms. The van der Waals surface area contributed by atoms with E-state index in [0.29, 0.717) is 27.9 Å². The number of carbonyl (C=O) groups is 1. The lowest BCUT2D eigenvalue weighted by molar-refractivity contribution is -0.0731. The van der Waals surface area contributed by atoms with E-state index in [0.717, 1.165) is 25.7 Å². The van der Waals surface area contributed by atoms with E-state index >= 15 is 0 Å². The van der Waals surface area contributed by atoms with Crippen LogP contribution in [0, 0.1) is 11.3 Å². The highest BCUT2D eigenvalue weighted by atomic mass is 35.5. The second-order valence-corrected chi connectivity index (χ2v) is 9.99. The van der Waals surface area contributed by atoms with Crippen LogP contribution in [-0.2, 0) is 11.8 Å². The molecule has 0 aromatic heterocycles. The molecule has 0 heterocycles. The maximum Gasteiger partial charge on any atom is 0.259 e. The molecule has 5 heteroatoms. The molecule has 30 heavy (non-hydrogen) atoms. The molecule has 1 fully saturated rings. The molecule has 0 unspecified atom stereocenters. The fourth-order valence-corrected chi connectivity index (χ4v) is 5.92. The lowest BCUT2D eigenvalue weighted by atomic mass is 9.49. The predicted octanol–water partition coefficient (Wildman–Crippen LogP) is 5.60. The third-order valence-electron chi connectivity index (χ3n) is 7.55. The maximum absolute atomic E-state index is 13.0. The van der Waals surface area contributed by atoms with Gasteiger partial charge in [-0.05, 0) is 90.0 Å². The summed E-state index contributed by atoms with van der Waals surface area (Å²) in [6, 6.07) is 11.1. The monoisotopic (exact) mass is 427 g/mol. The van der Waals surface area contributed by atoms with Gasteiger partial charge in [-0.15, -0.1) is 0 Å². The lowest BCUT2D eigenvalue weighted by Gasteiger charge is -2.56. The molecule has 2 aromatic rings. The molecule has 1 saturated carbocycles. The minimum Gasteiger partial charge on any atom is -0.496 e. The van der Waals surface area contributed by atoms with Crippen LogP contribution in [0.5, 0.6) is 5.75 Å². The van der Waals surface area contributed by atoms with Crippen molar-refractivity contribution in [2.45, 2.75) is 58.0 Å². The van der Waals surface area contributed by atoms with Gasteiger partial charge in [-0.3, -0.25) is 4.79 Å². The van der Waals surface area contributed by atoms with Crippen molar-refractivity contribution in [3.05, 3.63) is 58.1 Å². The second-order valence-electron chi connectivity index (χ2n) is 9.56. The summed E-state index contributed by atoms with van der Waals surface area (Å²) in [6.45, 7) is 6.70. The first kappa shape index (κ1) is 21.2. The Bertz CT molecular complexity index is 969. The van der Waals surface area contributed by atoms with Gasteiger partial charge in [0.2, 0.25) is 0 Å². The van der Waals surface area contributed by atoms with Crippen molar-refractivity contribution in [3.63, 3.8) is 0 Å². The minimum atomic E-state index is -0.275. The van der Waals surface area contributed by atoms with Crippen molar-refractivity contribution >= 4 is 23.2 Å². The van der Waals surface area contributed by atoms with E-state index in [1.807, 2.05) is 6.07 Å². The number of anilines is 1. The van der Waals surface area contributed by atoms with Crippen LogP contribution in [0.15, 0.2) is 36.4 Å². The normalized spacial score (nSPS) is 27.0. The van der Waals surface area contributed by atoms with Crippen molar-refractivity contribution in [1.29, 1.82) is 0 Å². The number of fused-ring (bicyclic) bond motifs is 3. The molecular weight excluding hydrogens is 398 g/mol. The molecule has 1 amide bonds. The van der Waals surface area contributed by atoms with Crippen LogP contribution in [-0.4, -0.2) is 24.2 Å². The van der Waals surface area contributed by atoms with E-state index in [2.05, 4.69) is 32.2 Å². The number of carbonyl (C=O) groups excluding carboxylic acids is 1. The van der Waals surface area contributed by atoms with Crippen LogP contribution in [0.25, 0.3) is 0 Å². The number of hydrogen-bond acceptors (Lipinski definition) is 3. The molecule has 4 rings (SSSR count). The summed E-state index contributed by atoms with van der Waals surface area (Å²) in [6.07, 6.45) is 3.37. The number of benzene rings is 2. The highest BCUT2D eigenvalue weighted by molar-refractivity contribution is 6.30. The third kappa shape index (κ3) is 3.40. The van der Waals surface area contributed by atoms with Gasteiger partial charge in [0.05, 0.1) is 18.8 Å². The molecule has 2 aliphatic carbocycles. The number of halogens is 1. The van der Waals surface area contributed by atoms with Gasteiger partial charge in [0, 0.05) is 10.7 Å². The van der Waals surface area contributed by atoms with Crippen LogP contribution < -0.4 is 10.1 Å². The molecule has 2 aliphatic rings. The summed E-state index contributed by atoms with van der Waals surface area (Å²) in [5, 5.41) is 14.2. The first-order valence-corrected chi connectivity index (χ1v) is 11.0. The van der Waals surface area contributed by atoms with Crippen molar-refractivity contribution in [2.75, 3.05) is 12.4 Å². The molecule has 2 aromatic carbocycles. The van der Waals surface area contributed by atoms with Crippen LogP contribution in [0.2, 0.25) is 5.02 Å². The van der Waals surface area contributed by atoms with E-state index in [1.165, 1.54) is 11.1 Å². The Morgan fingerprint density at radius 2 is 1.87 bits per heavy atom. The Balaban J connectivity index is 1.71. The van der Waals surface area contributed by atoms with E-state index < -0.39 is 0 Å². The summed E-state index contributed by atoms with van der Waals surface area (Å²) >= 11 is 5.94. The predicted molar refractivity (Wildman–Crippen MR) is 121 cm³/mol. The van der Waals surface area contributed by atoms with Crippen molar-refractivity contribution in [2.24, 2.45) is 11.3 Å². The largest absolute Gasteiger partial charge is 0.496 e. The van der Waals surface area contributed by atoms with E-state index in [1.54, 1.807) is 31.4 Å². The SMILES string of the molecule is COc1cc2c(cc1C(=O)Nc1ccc(Cl)cc1)CC[C@H]1C(C)(C)[C@@H](O)CC[C@]21C. The maximum atomic E-state index is 13.0. The van der Waals surface area contributed by atoms with Gasteiger partial charge < -0.3 is 15.2 Å². The van der Waals surface area contributed by atoms with Gasteiger partial charge in [0.1, 0.15) is 5.75 Å². The Labute approximate surface area is 183 Å². The lowest BCUT2D eigenvalue weighted by Crippen LogP contribution is -2.53. The van der Waals surface area contributed by atoms with Crippen molar-refractivity contribution < 1.29 is 14.6 Å². The Kier molecular flexibility index (Phi) is 5.36. The van der Waals surface area contributed by atoms with Gasteiger partial charge in [-0.2, -0.15) is 0 Å². The fraction of sp³-hybridized carbons (Fsp3) is 0.480. The number of aliphatic hydroxyl groups excluding tert-OH is 1. The molecule has 2 N–H and O–H groups in total. The van der Waals surface area contributed by atoms with Crippen LogP contribution in [0.1, 0.15) is 61.5 Å².